The molecule has 5 aromatic carbocycles. The summed E-state index contributed by atoms with van der Waals surface area (Å²) in [5.74, 6) is -0.896. The van der Waals surface area contributed by atoms with Gasteiger partial charge in [0.1, 0.15) is 22.8 Å². The number of furan rings is 1. The molecule has 148 valence electrons. The molecule has 0 spiro atoms. The highest BCUT2D eigenvalue weighted by molar-refractivity contribution is 6.09. The van der Waals surface area contributed by atoms with Crippen LogP contribution in [0.15, 0.2) is 101 Å². The zero-order valence-corrected chi connectivity index (χ0v) is 16.4. The quantitative estimate of drug-likeness (QED) is 0.282. The summed E-state index contributed by atoms with van der Waals surface area (Å²) in [5, 5.41) is 3.98. The van der Waals surface area contributed by atoms with Crippen molar-refractivity contribution in [3.05, 3.63) is 109 Å². The van der Waals surface area contributed by atoms with E-state index in [0.717, 1.165) is 49.9 Å². The first-order chi connectivity index (χ1) is 15.2. The van der Waals surface area contributed by atoms with Crippen LogP contribution in [0.2, 0.25) is 0 Å². The van der Waals surface area contributed by atoms with Crippen LogP contribution >= 0.6 is 0 Å². The van der Waals surface area contributed by atoms with Gasteiger partial charge in [0.15, 0.2) is 0 Å². The Morgan fingerprint density at radius 1 is 0.484 bits per heavy atom. The minimum absolute atomic E-state index is 0.263. The first-order valence-corrected chi connectivity index (χ1v) is 10.1. The number of hydrogen-bond acceptors (Lipinski definition) is 1. The Morgan fingerprint density at radius 2 is 1.16 bits per heavy atom. The molecule has 1 nitrogen and oxygen atoms in total. The zero-order valence-electron chi connectivity index (χ0n) is 16.4. The molecule has 0 N–H and O–H groups in total. The molecule has 0 radical (unpaired) electrons. The van der Waals surface area contributed by atoms with Crippen LogP contribution in [-0.2, 0) is 0 Å². The number of rotatable bonds is 2. The monoisotopic (exact) mass is 406 g/mol. The molecule has 0 aliphatic carbocycles. The highest BCUT2D eigenvalue weighted by atomic mass is 19.1. The van der Waals surface area contributed by atoms with Crippen molar-refractivity contribution in [2.45, 2.75) is 0 Å². The molecule has 6 aromatic rings. The fraction of sp³-hybridized carbons (Fsp3) is 0. The Labute approximate surface area is 177 Å². The molecule has 31 heavy (non-hydrogen) atoms. The average Bonchev–Trinajstić information content (AvgIpc) is 3.18. The lowest BCUT2D eigenvalue weighted by Crippen LogP contribution is -1.90. The fourth-order valence-electron chi connectivity index (χ4n) is 4.38. The maximum Gasteiger partial charge on any atom is 0.135 e. The van der Waals surface area contributed by atoms with E-state index in [2.05, 4.69) is 12.1 Å². The number of benzene rings is 5. The lowest BCUT2D eigenvalue weighted by atomic mass is 9.91. The van der Waals surface area contributed by atoms with Crippen LogP contribution < -0.4 is 0 Å². The van der Waals surface area contributed by atoms with Gasteiger partial charge in [-0.25, -0.2) is 8.78 Å². The van der Waals surface area contributed by atoms with Crippen molar-refractivity contribution in [3.8, 4) is 22.3 Å². The van der Waals surface area contributed by atoms with Gasteiger partial charge in [-0.15, -0.1) is 0 Å². The Balaban J connectivity index is 1.61. The van der Waals surface area contributed by atoms with E-state index in [1.807, 2.05) is 66.7 Å². The Bertz CT molecular complexity index is 1610. The highest BCUT2D eigenvalue weighted by Crippen LogP contribution is 2.38. The maximum absolute atomic E-state index is 14.5. The van der Waals surface area contributed by atoms with Crippen LogP contribution in [0, 0.1) is 11.6 Å². The molecular formula is C28H16F2O. The van der Waals surface area contributed by atoms with Gasteiger partial charge in [0.05, 0.1) is 0 Å². The van der Waals surface area contributed by atoms with Gasteiger partial charge in [0, 0.05) is 16.3 Å². The van der Waals surface area contributed by atoms with Gasteiger partial charge in [-0.3, -0.25) is 0 Å². The molecular weight excluding hydrogens is 390 g/mol. The van der Waals surface area contributed by atoms with E-state index in [1.165, 1.54) is 12.1 Å². The number of halogens is 2. The van der Waals surface area contributed by atoms with Gasteiger partial charge in [0.2, 0.25) is 0 Å². The van der Waals surface area contributed by atoms with Gasteiger partial charge in [-0.2, -0.15) is 0 Å². The van der Waals surface area contributed by atoms with Crippen molar-refractivity contribution in [1.29, 1.82) is 0 Å². The molecule has 6 rings (SSSR count). The van der Waals surface area contributed by atoms with Crippen molar-refractivity contribution in [2.75, 3.05) is 0 Å². The van der Waals surface area contributed by atoms with Gasteiger partial charge < -0.3 is 4.42 Å². The van der Waals surface area contributed by atoms with E-state index in [1.54, 1.807) is 0 Å². The Hall–Kier alpha value is -3.98. The molecule has 0 atom stereocenters. The first kappa shape index (κ1) is 17.8. The summed E-state index contributed by atoms with van der Waals surface area (Å²) in [6, 6.07) is 29.4. The average molecular weight is 406 g/mol. The summed E-state index contributed by atoms with van der Waals surface area (Å²) in [6.45, 7) is 0. The van der Waals surface area contributed by atoms with E-state index in [-0.39, 0.29) is 5.56 Å². The smallest absolute Gasteiger partial charge is 0.135 e. The fourth-order valence-corrected chi connectivity index (χ4v) is 4.38. The van der Waals surface area contributed by atoms with Crippen LogP contribution in [0.4, 0.5) is 8.78 Å². The molecule has 0 amide bonds. The second kappa shape index (κ2) is 6.78. The van der Waals surface area contributed by atoms with E-state index >= 15 is 0 Å². The molecule has 0 unspecified atom stereocenters. The summed E-state index contributed by atoms with van der Waals surface area (Å²) < 4.78 is 34.3. The van der Waals surface area contributed by atoms with Crippen molar-refractivity contribution in [1.82, 2.24) is 0 Å². The van der Waals surface area contributed by atoms with Gasteiger partial charge >= 0.3 is 0 Å². The second-order valence-electron chi connectivity index (χ2n) is 7.64. The highest BCUT2D eigenvalue weighted by Gasteiger charge is 2.14. The van der Waals surface area contributed by atoms with E-state index < -0.39 is 11.6 Å². The summed E-state index contributed by atoms with van der Waals surface area (Å²) in [6.07, 6.45) is 0. The van der Waals surface area contributed by atoms with Crippen molar-refractivity contribution in [2.24, 2.45) is 0 Å². The number of fused-ring (bicyclic) bond motifs is 4. The topological polar surface area (TPSA) is 13.1 Å². The lowest BCUT2D eigenvalue weighted by molar-refractivity contribution is 0.603. The van der Waals surface area contributed by atoms with E-state index in [9.17, 15) is 8.78 Å². The standard InChI is InChI=1S/C28H16F2O/c29-18-10-13-26(30)24(16-18)22-12-11-19(20-5-1-2-6-21(20)22)17-9-14-28-25(15-17)23-7-3-4-8-27(23)31-28/h1-16H. The van der Waals surface area contributed by atoms with Crippen molar-refractivity contribution < 1.29 is 13.2 Å². The number of hydrogen-bond donors (Lipinski definition) is 0. The molecule has 1 heterocycles. The Morgan fingerprint density at radius 3 is 2.00 bits per heavy atom. The van der Waals surface area contributed by atoms with Crippen LogP contribution in [0.5, 0.6) is 0 Å². The molecule has 1 aromatic heterocycles. The molecule has 0 saturated carbocycles. The summed E-state index contributed by atoms with van der Waals surface area (Å²) in [7, 11) is 0. The second-order valence-corrected chi connectivity index (χ2v) is 7.64. The third kappa shape index (κ3) is 2.82. The SMILES string of the molecule is Fc1ccc(F)c(-c2ccc(-c3ccc4oc5ccccc5c4c3)c3ccccc23)c1. The Kier molecular flexibility index (Phi) is 3.90. The number of para-hydroxylation sites is 1. The molecule has 0 fully saturated rings. The summed E-state index contributed by atoms with van der Waals surface area (Å²) >= 11 is 0. The predicted molar refractivity (Wildman–Crippen MR) is 122 cm³/mol. The van der Waals surface area contributed by atoms with Crippen molar-refractivity contribution in [3.63, 3.8) is 0 Å². The molecule has 0 saturated heterocycles. The van der Waals surface area contributed by atoms with Crippen molar-refractivity contribution >= 4 is 32.7 Å². The normalized spacial score (nSPS) is 11.5. The predicted octanol–water partition coefficient (Wildman–Crippen LogP) is 8.35. The third-order valence-electron chi connectivity index (χ3n) is 5.83. The van der Waals surface area contributed by atoms with E-state index in [0.29, 0.717) is 5.56 Å². The molecule has 0 aliphatic heterocycles. The summed E-state index contributed by atoms with van der Waals surface area (Å²) in [5.41, 5.74) is 4.71. The molecule has 0 bridgehead atoms. The van der Waals surface area contributed by atoms with Gasteiger partial charge in [0.25, 0.3) is 0 Å². The van der Waals surface area contributed by atoms with Crippen LogP contribution in [-0.4, -0.2) is 0 Å². The minimum atomic E-state index is -0.457. The first-order valence-electron chi connectivity index (χ1n) is 10.1. The van der Waals surface area contributed by atoms with Crippen LogP contribution in [0.3, 0.4) is 0 Å². The molecule has 3 heteroatoms. The largest absolute Gasteiger partial charge is 0.456 e. The van der Waals surface area contributed by atoms with Gasteiger partial charge in [-0.05, 0) is 63.9 Å². The maximum atomic E-state index is 14.5. The van der Waals surface area contributed by atoms with Gasteiger partial charge in [-0.1, -0.05) is 60.7 Å². The van der Waals surface area contributed by atoms with E-state index in [4.69, 9.17) is 4.42 Å². The minimum Gasteiger partial charge on any atom is -0.456 e. The zero-order chi connectivity index (χ0) is 20.9. The third-order valence-corrected chi connectivity index (χ3v) is 5.83. The van der Waals surface area contributed by atoms with Crippen LogP contribution in [0.25, 0.3) is 55.0 Å². The molecule has 0 aliphatic rings. The van der Waals surface area contributed by atoms with Crippen LogP contribution in [0.1, 0.15) is 0 Å². The summed E-state index contributed by atoms with van der Waals surface area (Å²) in [4.78, 5) is 0. The lowest BCUT2D eigenvalue weighted by Gasteiger charge is -2.13.